The number of amides is 4. The van der Waals surface area contributed by atoms with Crippen molar-refractivity contribution in [3.63, 3.8) is 0 Å². The number of benzene rings is 1. The molecule has 2 unspecified atom stereocenters. The number of imide groups is 1. The summed E-state index contributed by atoms with van der Waals surface area (Å²) in [7, 11) is 0. The highest BCUT2D eigenvalue weighted by molar-refractivity contribution is 7.99. The minimum Gasteiger partial charge on any atom is -0.352 e. The maximum absolute atomic E-state index is 12.9. The number of urea groups is 1. The lowest BCUT2D eigenvalue weighted by Gasteiger charge is -2.32. The van der Waals surface area contributed by atoms with Gasteiger partial charge in [-0.3, -0.25) is 14.4 Å². The molecule has 3 rings (SSSR count). The van der Waals surface area contributed by atoms with Gasteiger partial charge in [0.05, 0.1) is 11.4 Å². The Labute approximate surface area is 156 Å². The topological polar surface area (TPSA) is 86.8 Å². The van der Waals surface area contributed by atoms with E-state index < -0.39 is 6.04 Å². The van der Waals surface area contributed by atoms with E-state index >= 15 is 0 Å². The highest BCUT2D eigenvalue weighted by Gasteiger charge is 2.48. The van der Waals surface area contributed by atoms with Gasteiger partial charge in [0.15, 0.2) is 5.78 Å². The smallest absolute Gasteiger partial charge is 0.332 e. The van der Waals surface area contributed by atoms with Crippen molar-refractivity contribution in [3.8, 4) is 0 Å². The number of carbonyl (C=O) groups excluding carboxylic acids is 4. The van der Waals surface area contributed by atoms with Crippen LogP contribution >= 0.6 is 11.8 Å². The molecule has 2 heterocycles. The Balaban J connectivity index is 1.78. The minimum atomic E-state index is -0.572. The Bertz CT molecular complexity index is 767. The summed E-state index contributed by atoms with van der Waals surface area (Å²) < 4.78 is 0. The van der Waals surface area contributed by atoms with Crippen LogP contribution in [0, 0.1) is 0 Å². The predicted molar refractivity (Wildman–Crippen MR) is 99.4 cm³/mol. The molecule has 138 valence electrons. The maximum atomic E-state index is 12.9. The summed E-state index contributed by atoms with van der Waals surface area (Å²) in [6.07, 6.45) is 2.89. The first-order valence-electron chi connectivity index (χ1n) is 8.46. The average molecular weight is 375 g/mol. The van der Waals surface area contributed by atoms with E-state index in [1.807, 2.05) is 6.26 Å². The number of fused-ring (bicyclic) bond motifs is 1. The Morgan fingerprint density at radius 1 is 1.31 bits per heavy atom. The lowest BCUT2D eigenvalue weighted by atomic mass is 9.98. The van der Waals surface area contributed by atoms with Crippen LogP contribution in [0.25, 0.3) is 0 Å². The van der Waals surface area contributed by atoms with Crippen molar-refractivity contribution in [1.29, 1.82) is 0 Å². The third-order valence-electron chi connectivity index (χ3n) is 4.70. The van der Waals surface area contributed by atoms with Gasteiger partial charge in [0, 0.05) is 18.2 Å². The van der Waals surface area contributed by atoms with Gasteiger partial charge in [-0.25, -0.2) is 9.69 Å². The van der Waals surface area contributed by atoms with Crippen molar-refractivity contribution < 1.29 is 19.2 Å². The summed E-state index contributed by atoms with van der Waals surface area (Å²) in [5.74, 6) is -0.111. The molecule has 0 aromatic heterocycles. The van der Waals surface area contributed by atoms with E-state index in [9.17, 15) is 19.2 Å². The minimum absolute atomic E-state index is 0.0567. The zero-order valence-corrected chi connectivity index (χ0v) is 15.5. The van der Waals surface area contributed by atoms with Gasteiger partial charge in [-0.1, -0.05) is 12.1 Å². The predicted octanol–water partition coefficient (Wildman–Crippen LogP) is 1.67. The van der Waals surface area contributed by atoms with Crippen molar-refractivity contribution in [2.24, 2.45) is 0 Å². The summed E-state index contributed by atoms with van der Waals surface area (Å²) in [6, 6.07) is 5.48. The fraction of sp³-hybridized carbons (Fsp3) is 0.444. The summed E-state index contributed by atoms with van der Waals surface area (Å²) in [5.41, 5.74) is 0.861. The van der Waals surface area contributed by atoms with Crippen LogP contribution < -0.4 is 10.2 Å². The number of Topliss-reactive ketones (excluding diaryl/α,β-unsaturated/α-hetero) is 1. The molecule has 0 aliphatic carbocycles. The van der Waals surface area contributed by atoms with Crippen LogP contribution in [-0.2, 0) is 9.59 Å². The summed E-state index contributed by atoms with van der Waals surface area (Å²) in [4.78, 5) is 51.6. The van der Waals surface area contributed by atoms with E-state index in [2.05, 4.69) is 5.32 Å². The van der Waals surface area contributed by atoms with Crippen LogP contribution in [0.4, 0.5) is 10.5 Å². The van der Waals surface area contributed by atoms with Crippen LogP contribution in [-0.4, -0.2) is 59.2 Å². The first-order valence-corrected chi connectivity index (χ1v) is 9.85. The summed E-state index contributed by atoms with van der Waals surface area (Å²) in [5, 5.41) is 2.93. The van der Waals surface area contributed by atoms with Crippen LogP contribution in [0.5, 0.6) is 0 Å². The van der Waals surface area contributed by atoms with Crippen molar-refractivity contribution in [1.82, 2.24) is 10.2 Å². The Morgan fingerprint density at radius 2 is 2.08 bits per heavy atom. The molecule has 1 N–H and O–H groups in total. The Morgan fingerprint density at radius 3 is 2.77 bits per heavy atom. The van der Waals surface area contributed by atoms with Gasteiger partial charge in [-0.2, -0.15) is 11.8 Å². The summed E-state index contributed by atoms with van der Waals surface area (Å²) >= 11 is 1.44. The highest BCUT2D eigenvalue weighted by Crippen LogP contribution is 2.31. The molecule has 2 atom stereocenters. The molecular formula is C18H21N3O4S. The first kappa shape index (κ1) is 18.4. The van der Waals surface area contributed by atoms with Crippen LogP contribution in [0.1, 0.15) is 30.1 Å². The van der Waals surface area contributed by atoms with Gasteiger partial charge in [0.1, 0.15) is 6.04 Å². The van der Waals surface area contributed by atoms with Crippen molar-refractivity contribution in [2.75, 3.05) is 23.5 Å². The molecular weight excluding hydrogens is 354 g/mol. The number of hydrogen-bond donors (Lipinski definition) is 1. The van der Waals surface area contributed by atoms with E-state index in [-0.39, 0.29) is 29.7 Å². The molecule has 2 aliphatic heterocycles. The third kappa shape index (κ3) is 3.46. The molecule has 1 aromatic carbocycles. The van der Waals surface area contributed by atoms with E-state index in [1.165, 1.54) is 18.7 Å². The van der Waals surface area contributed by atoms with Gasteiger partial charge >= 0.3 is 6.03 Å². The van der Waals surface area contributed by atoms with Gasteiger partial charge in [0.25, 0.3) is 5.91 Å². The van der Waals surface area contributed by atoms with E-state index in [4.69, 9.17) is 0 Å². The Kier molecular flexibility index (Phi) is 5.31. The monoisotopic (exact) mass is 375 g/mol. The van der Waals surface area contributed by atoms with E-state index in [0.29, 0.717) is 36.4 Å². The van der Waals surface area contributed by atoms with Gasteiger partial charge < -0.3 is 10.2 Å². The number of nitrogens with one attached hydrogen (secondary N) is 1. The normalized spacial score (nSPS) is 22.4. The standard InChI is InChI=1S/C18H21N3O4S/c1-11(22)12-4-3-5-14(8-12)21-17(24)15-9-13(19-16(23)10-26-2)6-7-20(15)18(21)25/h3-5,8,13,15H,6-7,9-10H2,1-2H3,(H,19,23). The van der Waals surface area contributed by atoms with E-state index in [0.717, 1.165) is 4.90 Å². The van der Waals surface area contributed by atoms with Crippen molar-refractivity contribution in [3.05, 3.63) is 29.8 Å². The van der Waals surface area contributed by atoms with Crippen molar-refractivity contribution >= 4 is 41.1 Å². The zero-order chi connectivity index (χ0) is 18.8. The number of nitrogens with zero attached hydrogens (tertiary/aromatic N) is 2. The number of ketones is 1. The zero-order valence-electron chi connectivity index (χ0n) is 14.7. The fourth-order valence-corrected chi connectivity index (χ4v) is 3.78. The molecule has 0 spiro atoms. The second-order valence-corrected chi connectivity index (χ2v) is 7.36. The lowest BCUT2D eigenvalue weighted by Crippen LogP contribution is -2.50. The molecule has 8 heteroatoms. The molecule has 0 saturated carbocycles. The van der Waals surface area contributed by atoms with Gasteiger partial charge in [-0.15, -0.1) is 0 Å². The van der Waals surface area contributed by atoms with Crippen LogP contribution in [0.2, 0.25) is 0 Å². The number of carbonyl (C=O) groups is 4. The molecule has 2 fully saturated rings. The molecule has 7 nitrogen and oxygen atoms in total. The Hall–Kier alpha value is -2.35. The van der Waals surface area contributed by atoms with Crippen molar-refractivity contribution in [2.45, 2.75) is 31.8 Å². The molecule has 0 radical (unpaired) electrons. The number of hydrogen-bond acceptors (Lipinski definition) is 5. The quantitative estimate of drug-likeness (QED) is 0.625. The van der Waals surface area contributed by atoms with E-state index in [1.54, 1.807) is 29.2 Å². The second kappa shape index (κ2) is 7.49. The second-order valence-electron chi connectivity index (χ2n) is 6.49. The van der Waals surface area contributed by atoms with Gasteiger partial charge in [0.2, 0.25) is 5.91 Å². The molecule has 2 saturated heterocycles. The summed E-state index contributed by atoms with van der Waals surface area (Å²) in [6.45, 7) is 1.86. The number of thioether (sulfide) groups is 1. The molecule has 1 aromatic rings. The lowest BCUT2D eigenvalue weighted by molar-refractivity contribution is -0.123. The molecule has 26 heavy (non-hydrogen) atoms. The molecule has 2 aliphatic rings. The number of rotatable bonds is 5. The SMILES string of the molecule is CSCC(=O)NC1CCN2C(=O)N(c3cccc(C(C)=O)c3)C(=O)C2C1. The number of anilines is 1. The third-order valence-corrected chi connectivity index (χ3v) is 5.25. The highest BCUT2D eigenvalue weighted by atomic mass is 32.2. The maximum Gasteiger partial charge on any atom is 0.332 e. The molecule has 4 amide bonds. The molecule has 0 bridgehead atoms. The number of piperidine rings is 1. The van der Waals surface area contributed by atoms with Crippen LogP contribution in [0.15, 0.2) is 24.3 Å². The fourth-order valence-electron chi connectivity index (χ4n) is 3.43. The van der Waals surface area contributed by atoms with Gasteiger partial charge in [-0.05, 0) is 38.2 Å². The van der Waals surface area contributed by atoms with Crippen LogP contribution in [0.3, 0.4) is 0 Å². The first-order chi connectivity index (χ1) is 12.4. The largest absolute Gasteiger partial charge is 0.352 e. The average Bonchev–Trinajstić information content (AvgIpc) is 2.86.